The summed E-state index contributed by atoms with van der Waals surface area (Å²) in [6, 6.07) is 7.24. The smallest absolute Gasteiger partial charge is 0.275 e. The van der Waals surface area contributed by atoms with E-state index in [-0.39, 0.29) is 30.0 Å². The summed E-state index contributed by atoms with van der Waals surface area (Å²) in [5.74, 6) is -0.138. The number of aliphatic hydroxyl groups is 1. The zero-order valence-corrected chi connectivity index (χ0v) is 12.9. The highest BCUT2D eigenvalue weighted by Gasteiger charge is 2.36. The molecule has 6 nitrogen and oxygen atoms in total. The van der Waals surface area contributed by atoms with Gasteiger partial charge in [0, 0.05) is 19.7 Å². The number of benzene rings is 1. The molecule has 0 aliphatic carbocycles. The van der Waals surface area contributed by atoms with Crippen LogP contribution < -0.4 is 4.74 Å². The van der Waals surface area contributed by atoms with Crippen molar-refractivity contribution >= 4 is 5.91 Å². The summed E-state index contributed by atoms with van der Waals surface area (Å²) in [4.78, 5) is 14.3. The van der Waals surface area contributed by atoms with E-state index >= 15 is 0 Å². The molecule has 2 atom stereocenters. The quantitative estimate of drug-likeness (QED) is 0.931. The molecule has 1 fully saturated rings. The molecule has 0 saturated carbocycles. The van der Waals surface area contributed by atoms with Crippen LogP contribution in [0, 0.1) is 5.82 Å². The Bertz CT molecular complexity index is 714. The second-order valence-electron chi connectivity index (χ2n) is 5.61. The Balaban J connectivity index is 1.89. The maximum atomic E-state index is 13.1. The fraction of sp³-hybridized carbons (Fsp3) is 0.375. The average molecular weight is 319 g/mol. The molecule has 1 amide bonds. The maximum Gasteiger partial charge on any atom is 0.275 e. The highest BCUT2D eigenvalue weighted by Crippen LogP contribution is 2.33. The summed E-state index contributed by atoms with van der Waals surface area (Å²) in [5.41, 5.74) is 1.05. The molecule has 2 aromatic rings. The van der Waals surface area contributed by atoms with Crippen molar-refractivity contribution in [2.24, 2.45) is 7.05 Å². The molecule has 23 heavy (non-hydrogen) atoms. The van der Waals surface area contributed by atoms with Crippen molar-refractivity contribution < 1.29 is 19.0 Å². The minimum atomic E-state index is -0.611. The van der Waals surface area contributed by atoms with Crippen molar-refractivity contribution in [3.05, 3.63) is 47.4 Å². The topological polar surface area (TPSA) is 67.6 Å². The summed E-state index contributed by atoms with van der Waals surface area (Å²) < 4.78 is 19.7. The number of aromatic nitrogens is 2. The highest BCUT2D eigenvalue weighted by atomic mass is 19.1. The van der Waals surface area contributed by atoms with Gasteiger partial charge in [-0.3, -0.25) is 4.79 Å². The van der Waals surface area contributed by atoms with Crippen molar-refractivity contribution in [3.63, 3.8) is 0 Å². The van der Waals surface area contributed by atoms with Gasteiger partial charge in [-0.15, -0.1) is 0 Å². The molecule has 7 heteroatoms. The predicted octanol–water partition coefficient (Wildman–Crippen LogP) is 1.52. The molecule has 1 aromatic carbocycles. The Hall–Kier alpha value is -2.41. The van der Waals surface area contributed by atoms with Crippen molar-refractivity contribution in [2.45, 2.75) is 18.6 Å². The van der Waals surface area contributed by atoms with Gasteiger partial charge >= 0.3 is 0 Å². The number of ether oxygens (including phenoxy) is 1. The molecule has 1 aliphatic heterocycles. The Morgan fingerprint density at radius 3 is 2.70 bits per heavy atom. The number of nitrogens with zero attached hydrogens (tertiary/aromatic N) is 3. The normalized spacial score (nSPS) is 20.8. The lowest BCUT2D eigenvalue weighted by atomic mass is 10.0. The third-order valence-corrected chi connectivity index (χ3v) is 4.06. The number of methoxy groups -OCH3 is 1. The third-order valence-electron chi connectivity index (χ3n) is 4.06. The van der Waals surface area contributed by atoms with Crippen LogP contribution in [-0.4, -0.2) is 45.5 Å². The number of carbonyl (C=O) groups excluding carboxylic acids is 1. The number of β-amino-alcohol motifs (C(OH)–C–C–N with tert-alkyl or cyclic N) is 1. The van der Waals surface area contributed by atoms with Gasteiger partial charge in [-0.2, -0.15) is 5.10 Å². The Kier molecular flexibility index (Phi) is 4.04. The molecule has 1 saturated heterocycles. The van der Waals surface area contributed by atoms with E-state index in [1.807, 2.05) is 0 Å². The molecule has 1 aliphatic rings. The second kappa shape index (κ2) is 6.00. The van der Waals surface area contributed by atoms with E-state index < -0.39 is 6.10 Å². The van der Waals surface area contributed by atoms with E-state index in [9.17, 15) is 14.3 Å². The van der Waals surface area contributed by atoms with Gasteiger partial charge in [-0.05, 0) is 24.1 Å². The molecule has 2 heterocycles. The fourth-order valence-corrected chi connectivity index (χ4v) is 2.93. The number of halogens is 1. The number of amides is 1. The van der Waals surface area contributed by atoms with E-state index in [0.717, 1.165) is 5.56 Å². The van der Waals surface area contributed by atoms with Gasteiger partial charge in [0.1, 0.15) is 5.82 Å². The summed E-state index contributed by atoms with van der Waals surface area (Å²) in [7, 11) is 3.19. The molecule has 0 radical (unpaired) electrons. The van der Waals surface area contributed by atoms with Crippen LogP contribution >= 0.6 is 0 Å². The first-order valence-electron chi connectivity index (χ1n) is 7.32. The van der Waals surface area contributed by atoms with Crippen LogP contribution in [0.4, 0.5) is 4.39 Å². The Morgan fingerprint density at radius 2 is 2.09 bits per heavy atom. The highest BCUT2D eigenvalue weighted by molar-refractivity contribution is 5.93. The van der Waals surface area contributed by atoms with Crippen molar-refractivity contribution in [3.8, 4) is 5.88 Å². The molecule has 0 unspecified atom stereocenters. The van der Waals surface area contributed by atoms with Gasteiger partial charge in [0.05, 0.1) is 19.3 Å². The first-order valence-corrected chi connectivity index (χ1v) is 7.32. The fourth-order valence-electron chi connectivity index (χ4n) is 2.93. The number of hydrogen-bond donors (Lipinski definition) is 1. The lowest BCUT2D eigenvalue weighted by molar-refractivity contribution is 0.0709. The molecule has 122 valence electrons. The molecule has 0 spiro atoms. The van der Waals surface area contributed by atoms with E-state index in [4.69, 9.17) is 4.74 Å². The van der Waals surface area contributed by atoms with Crippen LogP contribution in [-0.2, 0) is 7.05 Å². The van der Waals surface area contributed by atoms with Crippen LogP contribution in [0.25, 0.3) is 0 Å². The predicted molar refractivity (Wildman–Crippen MR) is 80.6 cm³/mol. The van der Waals surface area contributed by atoms with Crippen LogP contribution in [0.2, 0.25) is 0 Å². The van der Waals surface area contributed by atoms with Gasteiger partial charge in [-0.1, -0.05) is 12.1 Å². The first-order chi connectivity index (χ1) is 11.0. The zero-order valence-electron chi connectivity index (χ0n) is 12.9. The van der Waals surface area contributed by atoms with Crippen LogP contribution in [0.15, 0.2) is 30.3 Å². The molecule has 1 aromatic heterocycles. The minimum Gasteiger partial charge on any atom is -0.481 e. The first kappa shape index (κ1) is 15.5. The SMILES string of the molecule is COc1cc(C(=O)N2C[C@@H](O)C[C@@H]2c2ccc(F)cc2)nn1C. The molecule has 0 bridgehead atoms. The van der Waals surface area contributed by atoms with E-state index in [2.05, 4.69) is 5.10 Å². The monoisotopic (exact) mass is 319 g/mol. The van der Waals surface area contributed by atoms with Gasteiger partial charge in [0.2, 0.25) is 5.88 Å². The number of hydrogen-bond acceptors (Lipinski definition) is 4. The minimum absolute atomic E-state index is 0.222. The number of aryl methyl sites for hydroxylation is 1. The van der Waals surface area contributed by atoms with Crippen LogP contribution in [0.3, 0.4) is 0 Å². The van der Waals surface area contributed by atoms with Crippen molar-refractivity contribution in [1.82, 2.24) is 14.7 Å². The Morgan fingerprint density at radius 1 is 1.39 bits per heavy atom. The van der Waals surface area contributed by atoms with Crippen LogP contribution in [0.1, 0.15) is 28.5 Å². The van der Waals surface area contributed by atoms with E-state index in [0.29, 0.717) is 12.3 Å². The van der Waals surface area contributed by atoms with Gasteiger partial charge in [-0.25, -0.2) is 9.07 Å². The van der Waals surface area contributed by atoms with E-state index in [1.165, 1.54) is 23.9 Å². The number of aliphatic hydroxyl groups excluding tert-OH is 1. The summed E-state index contributed by atoms with van der Waals surface area (Å²) in [6.07, 6.45) is -0.193. The number of likely N-dealkylation sites (tertiary alicyclic amines) is 1. The third kappa shape index (κ3) is 2.92. The number of rotatable bonds is 3. The zero-order chi connectivity index (χ0) is 16.6. The lowest BCUT2D eigenvalue weighted by Crippen LogP contribution is -2.32. The molecular formula is C16H18FN3O3. The summed E-state index contributed by atoms with van der Waals surface area (Å²) >= 11 is 0. The number of carbonyl (C=O) groups is 1. The average Bonchev–Trinajstić information content (AvgIpc) is 3.10. The Labute approximate surface area is 133 Å². The van der Waals surface area contributed by atoms with E-state index in [1.54, 1.807) is 30.1 Å². The second-order valence-corrected chi connectivity index (χ2v) is 5.61. The van der Waals surface area contributed by atoms with Gasteiger partial charge in [0.25, 0.3) is 5.91 Å². The summed E-state index contributed by atoms with van der Waals surface area (Å²) in [6.45, 7) is 0.222. The molecule has 1 N–H and O–H groups in total. The maximum absolute atomic E-state index is 13.1. The van der Waals surface area contributed by atoms with Crippen LogP contribution in [0.5, 0.6) is 5.88 Å². The molecular weight excluding hydrogens is 301 g/mol. The molecule has 3 rings (SSSR count). The van der Waals surface area contributed by atoms with Crippen molar-refractivity contribution in [2.75, 3.05) is 13.7 Å². The largest absolute Gasteiger partial charge is 0.481 e. The van der Waals surface area contributed by atoms with Crippen molar-refractivity contribution in [1.29, 1.82) is 0 Å². The van der Waals surface area contributed by atoms with Gasteiger partial charge in [0.15, 0.2) is 5.69 Å². The summed E-state index contributed by atoms with van der Waals surface area (Å²) in [5, 5.41) is 14.1. The lowest BCUT2D eigenvalue weighted by Gasteiger charge is -2.23. The standard InChI is InChI=1S/C16H18FN3O3/c1-19-15(23-2)8-13(18-19)16(22)20-9-12(21)7-14(20)10-3-5-11(17)6-4-10/h3-6,8,12,14,21H,7,9H2,1-2H3/t12-,14+/m0/s1. The van der Waals surface area contributed by atoms with Gasteiger partial charge < -0.3 is 14.7 Å².